The highest BCUT2D eigenvalue weighted by Crippen LogP contribution is 2.71. The van der Waals surface area contributed by atoms with Crippen molar-refractivity contribution in [3.8, 4) is 0 Å². The van der Waals surface area contributed by atoms with Crippen LogP contribution in [0.25, 0.3) is 0 Å². The van der Waals surface area contributed by atoms with Gasteiger partial charge in [-0.05, 0) is 107 Å². The molecule has 0 saturated heterocycles. The SMILES string of the molecule is CC12CC=CC=C1C1(C3=C(CCC(C4=CCCC=C4)=C3)SC3C=CCCC31)C1=C(CC(C)(c3ccccc3)C=C1)S2. The molecule has 0 radical (unpaired) electrons. The monoisotopic (exact) mass is 572 g/mol. The zero-order chi connectivity index (χ0) is 27.7. The van der Waals surface area contributed by atoms with Gasteiger partial charge >= 0.3 is 0 Å². The van der Waals surface area contributed by atoms with Gasteiger partial charge in [0.15, 0.2) is 0 Å². The molecule has 5 aliphatic carbocycles. The van der Waals surface area contributed by atoms with Gasteiger partial charge in [0.2, 0.25) is 0 Å². The van der Waals surface area contributed by atoms with E-state index in [-0.39, 0.29) is 15.6 Å². The van der Waals surface area contributed by atoms with Gasteiger partial charge in [0, 0.05) is 20.8 Å². The minimum atomic E-state index is -0.0603. The van der Waals surface area contributed by atoms with Gasteiger partial charge in [-0.25, -0.2) is 0 Å². The van der Waals surface area contributed by atoms with Crippen LogP contribution < -0.4 is 0 Å². The molecule has 5 unspecified atom stereocenters. The first-order valence-corrected chi connectivity index (χ1v) is 17.4. The molecule has 0 N–H and O–H groups in total. The van der Waals surface area contributed by atoms with Crippen LogP contribution in [0.4, 0.5) is 0 Å². The lowest BCUT2D eigenvalue weighted by Gasteiger charge is -2.60. The molecular formula is C39H40S2. The third kappa shape index (κ3) is 3.96. The summed E-state index contributed by atoms with van der Waals surface area (Å²) in [5.41, 5.74) is 9.38. The van der Waals surface area contributed by atoms with Crippen LogP contribution in [0.1, 0.15) is 70.8 Å². The fourth-order valence-electron chi connectivity index (χ4n) is 8.80. The Morgan fingerprint density at radius 3 is 2.63 bits per heavy atom. The molecule has 0 nitrogen and oxygen atoms in total. The lowest BCUT2D eigenvalue weighted by Crippen LogP contribution is -2.52. The Bertz CT molecular complexity index is 1570. The second-order valence-electron chi connectivity index (χ2n) is 13.3. The summed E-state index contributed by atoms with van der Waals surface area (Å²) in [4.78, 5) is 3.29. The Morgan fingerprint density at radius 2 is 1.78 bits per heavy atom. The van der Waals surface area contributed by atoms with Crippen LogP contribution in [0.5, 0.6) is 0 Å². The van der Waals surface area contributed by atoms with Crippen molar-refractivity contribution in [3.05, 3.63) is 140 Å². The minimum absolute atomic E-state index is 0.0220. The molecule has 8 rings (SSSR count). The van der Waals surface area contributed by atoms with Gasteiger partial charge in [-0.2, -0.15) is 0 Å². The summed E-state index contributed by atoms with van der Waals surface area (Å²) >= 11 is 4.39. The normalized spacial score (nSPS) is 37.2. The van der Waals surface area contributed by atoms with Gasteiger partial charge in [0.1, 0.15) is 0 Å². The van der Waals surface area contributed by atoms with Crippen molar-refractivity contribution in [1.82, 2.24) is 0 Å². The molecule has 0 bridgehead atoms. The average molecular weight is 573 g/mol. The minimum Gasteiger partial charge on any atom is -0.122 e. The van der Waals surface area contributed by atoms with Gasteiger partial charge in [0.25, 0.3) is 0 Å². The third-order valence-electron chi connectivity index (χ3n) is 10.8. The maximum absolute atomic E-state index is 2.70. The van der Waals surface area contributed by atoms with Crippen LogP contribution in [0, 0.1) is 11.3 Å². The van der Waals surface area contributed by atoms with Gasteiger partial charge in [-0.3, -0.25) is 0 Å². The molecule has 7 aliphatic rings. The van der Waals surface area contributed by atoms with Crippen molar-refractivity contribution in [3.63, 3.8) is 0 Å². The predicted molar refractivity (Wildman–Crippen MR) is 179 cm³/mol. The Labute approximate surface area is 254 Å². The molecule has 5 atom stereocenters. The molecular weight excluding hydrogens is 533 g/mol. The van der Waals surface area contributed by atoms with Crippen LogP contribution in [-0.2, 0) is 5.41 Å². The first-order valence-electron chi connectivity index (χ1n) is 15.7. The molecule has 1 spiro atoms. The molecule has 208 valence electrons. The molecule has 0 saturated carbocycles. The molecule has 0 aromatic heterocycles. The van der Waals surface area contributed by atoms with Crippen LogP contribution in [-0.4, -0.2) is 10.00 Å². The molecule has 0 fully saturated rings. The van der Waals surface area contributed by atoms with E-state index in [1.807, 2.05) is 0 Å². The number of fused-ring (bicyclic) bond motifs is 6. The molecule has 1 aromatic rings. The molecule has 41 heavy (non-hydrogen) atoms. The van der Waals surface area contributed by atoms with E-state index in [0.717, 1.165) is 19.3 Å². The average Bonchev–Trinajstić information content (AvgIpc) is 3.01. The number of hydrogen-bond donors (Lipinski definition) is 0. The maximum Gasteiger partial charge on any atom is 0.0485 e. The number of thioether (sulfide) groups is 2. The van der Waals surface area contributed by atoms with Crippen molar-refractivity contribution >= 4 is 23.5 Å². The maximum atomic E-state index is 2.70. The van der Waals surface area contributed by atoms with Gasteiger partial charge < -0.3 is 0 Å². The van der Waals surface area contributed by atoms with Crippen LogP contribution >= 0.6 is 23.5 Å². The van der Waals surface area contributed by atoms with Gasteiger partial charge in [0.05, 0.1) is 0 Å². The molecule has 2 heteroatoms. The number of rotatable bonds is 2. The van der Waals surface area contributed by atoms with Crippen molar-refractivity contribution in [2.24, 2.45) is 11.3 Å². The molecule has 0 amide bonds. The zero-order valence-corrected chi connectivity index (χ0v) is 26.0. The van der Waals surface area contributed by atoms with E-state index >= 15 is 0 Å². The van der Waals surface area contributed by atoms with Crippen LogP contribution in [0.2, 0.25) is 0 Å². The topological polar surface area (TPSA) is 0 Å². The van der Waals surface area contributed by atoms with Crippen molar-refractivity contribution in [2.75, 3.05) is 0 Å². The van der Waals surface area contributed by atoms with E-state index in [1.54, 1.807) is 32.1 Å². The van der Waals surface area contributed by atoms with Crippen molar-refractivity contribution in [1.29, 1.82) is 0 Å². The fraction of sp³-hybridized carbons (Fsp3) is 0.385. The number of benzene rings is 1. The van der Waals surface area contributed by atoms with E-state index in [2.05, 4.69) is 135 Å². The first kappa shape index (κ1) is 26.2. The van der Waals surface area contributed by atoms with Crippen LogP contribution in [0.15, 0.2) is 135 Å². The summed E-state index contributed by atoms with van der Waals surface area (Å²) in [5, 5.41) is 0.551. The summed E-state index contributed by atoms with van der Waals surface area (Å²) in [6, 6.07) is 11.2. The summed E-state index contributed by atoms with van der Waals surface area (Å²) in [7, 11) is 0. The third-order valence-corrected chi connectivity index (χ3v) is 13.7. The van der Waals surface area contributed by atoms with E-state index in [1.165, 1.54) is 43.2 Å². The largest absolute Gasteiger partial charge is 0.122 e. The smallest absolute Gasteiger partial charge is 0.0485 e. The van der Waals surface area contributed by atoms with Crippen molar-refractivity contribution < 1.29 is 0 Å². The summed E-state index contributed by atoms with van der Waals surface area (Å²) in [6.45, 7) is 5.02. The predicted octanol–water partition coefficient (Wildman–Crippen LogP) is 10.9. The van der Waals surface area contributed by atoms with E-state index in [0.29, 0.717) is 11.2 Å². The quantitative estimate of drug-likeness (QED) is 0.323. The molecule has 1 aromatic carbocycles. The van der Waals surface area contributed by atoms with Crippen LogP contribution in [0.3, 0.4) is 0 Å². The highest BCUT2D eigenvalue weighted by molar-refractivity contribution is 8.04. The van der Waals surface area contributed by atoms with E-state index in [9.17, 15) is 0 Å². The fourth-order valence-corrected chi connectivity index (χ4v) is 12.2. The van der Waals surface area contributed by atoms with Gasteiger partial charge in [-0.1, -0.05) is 104 Å². The Kier molecular flexibility index (Phi) is 6.28. The zero-order valence-electron chi connectivity index (χ0n) is 24.4. The van der Waals surface area contributed by atoms with E-state index in [4.69, 9.17) is 0 Å². The molecule has 2 aliphatic heterocycles. The Morgan fingerprint density at radius 1 is 0.878 bits per heavy atom. The highest BCUT2D eigenvalue weighted by atomic mass is 32.2. The summed E-state index contributed by atoms with van der Waals surface area (Å²) in [6.07, 6.45) is 36.9. The second-order valence-corrected chi connectivity index (χ2v) is 16.2. The van der Waals surface area contributed by atoms with E-state index < -0.39 is 0 Å². The number of hydrogen-bond acceptors (Lipinski definition) is 2. The van der Waals surface area contributed by atoms with Crippen molar-refractivity contribution in [2.45, 2.75) is 80.6 Å². The lowest BCUT2D eigenvalue weighted by molar-refractivity contribution is 0.275. The Hall–Kier alpha value is -2.42. The lowest BCUT2D eigenvalue weighted by atomic mass is 9.52. The molecule has 2 heterocycles. The van der Waals surface area contributed by atoms with Gasteiger partial charge in [-0.15, -0.1) is 23.5 Å². The first-order chi connectivity index (χ1) is 20.0. The summed E-state index contributed by atoms with van der Waals surface area (Å²) in [5.74, 6) is 0.580. The summed E-state index contributed by atoms with van der Waals surface area (Å²) < 4.78 is 0.0810. The number of allylic oxidation sites excluding steroid dienone is 16. The second kappa shape index (κ2) is 9.81. The Balaban J connectivity index is 1.38. The standard InChI is InChI=1S/C39H40S2/c1-37(29-15-7-4-8-16-29)24-22-31-35(26-37)41-38(2)23-12-11-19-36(38)39(31)30-17-9-10-18-33(30)40-34-21-20-28(25-32(34)39)27-13-5-3-6-14-27/h4-5,7-8,10-16,18-19,22,24-25,30,33H,3,6,9,17,20-21,23,26H2,1-2H3. The highest BCUT2D eigenvalue weighted by Gasteiger charge is 2.61.